The van der Waals surface area contributed by atoms with Crippen LogP contribution in [0.25, 0.3) is 10.9 Å². The van der Waals surface area contributed by atoms with Gasteiger partial charge >= 0.3 is 6.18 Å². The molecule has 1 amide bonds. The Balaban J connectivity index is 2.21. The Kier molecular flexibility index (Phi) is 4.33. The summed E-state index contributed by atoms with van der Waals surface area (Å²) < 4.78 is 66.5. The van der Waals surface area contributed by atoms with Crippen LogP contribution in [-0.4, -0.2) is 48.4 Å². The maximum absolute atomic E-state index is 14.3. The maximum atomic E-state index is 14.3. The summed E-state index contributed by atoms with van der Waals surface area (Å²) in [5.41, 5.74) is -2.06. The molecule has 26 heavy (non-hydrogen) atoms. The fourth-order valence-electron chi connectivity index (χ4n) is 3.66. The predicted molar refractivity (Wildman–Crippen MR) is 91.3 cm³/mol. The van der Waals surface area contributed by atoms with E-state index in [0.717, 1.165) is 13.2 Å². The number of benzene rings is 1. The quantitative estimate of drug-likeness (QED) is 0.879. The first-order valence-corrected chi connectivity index (χ1v) is 10.1. The van der Waals surface area contributed by atoms with Crippen molar-refractivity contribution in [3.63, 3.8) is 0 Å². The van der Waals surface area contributed by atoms with E-state index in [1.807, 2.05) is 0 Å². The van der Waals surface area contributed by atoms with Crippen molar-refractivity contribution in [3.8, 4) is 0 Å². The summed E-state index contributed by atoms with van der Waals surface area (Å²) in [6, 6.07) is 6.55. The molecule has 1 aromatic carbocycles. The first-order valence-electron chi connectivity index (χ1n) is 8.14. The molecule has 1 aliphatic heterocycles. The van der Waals surface area contributed by atoms with Crippen LogP contribution in [0.4, 0.5) is 13.2 Å². The summed E-state index contributed by atoms with van der Waals surface area (Å²) >= 11 is 0. The van der Waals surface area contributed by atoms with Crippen molar-refractivity contribution in [3.05, 3.63) is 36.0 Å². The van der Waals surface area contributed by atoms with Gasteiger partial charge in [0.1, 0.15) is 5.25 Å². The third-order valence-corrected chi connectivity index (χ3v) is 6.63. The van der Waals surface area contributed by atoms with Gasteiger partial charge in [-0.1, -0.05) is 18.2 Å². The smallest absolute Gasteiger partial charge is 0.361 e. The summed E-state index contributed by atoms with van der Waals surface area (Å²) in [7, 11) is -3.81. The van der Waals surface area contributed by atoms with Gasteiger partial charge in [-0.3, -0.25) is 4.79 Å². The van der Waals surface area contributed by atoms with Crippen molar-refractivity contribution in [2.24, 2.45) is 0 Å². The van der Waals surface area contributed by atoms with Crippen molar-refractivity contribution in [1.29, 1.82) is 0 Å². The minimum atomic E-state index is -4.75. The molecule has 142 valence electrons. The standard InChI is InChI=1S/C17H19F3N2O3S/c1-11(26(2,24)25)15(23)22-9-5-8-16(22,17(18,19)20)13-10-21-14-7-4-3-6-12(13)14/h3-4,6-7,10-11,21H,5,8-9H2,1-2H3. The average Bonchev–Trinajstić information content (AvgIpc) is 3.16. The number of sulfone groups is 1. The molecular weight excluding hydrogens is 369 g/mol. The number of para-hydroxylation sites is 1. The van der Waals surface area contributed by atoms with E-state index in [1.165, 1.54) is 6.20 Å². The number of likely N-dealkylation sites (tertiary alicyclic amines) is 1. The highest BCUT2D eigenvalue weighted by Gasteiger charge is 2.64. The molecule has 3 rings (SSSR count). The third kappa shape index (κ3) is 2.69. The first kappa shape index (κ1) is 18.8. The number of aromatic amines is 1. The van der Waals surface area contributed by atoms with Crippen LogP contribution in [0.15, 0.2) is 30.5 Å². The number of rotatable bonds is 3. The third-order valence-electron chi connectivity index (χ3n) is 5.14. The number of hydrogen-bond donors (Lipinski definition) is 1. The van der Waals surface area contributed by atoms with E-state index >= 15 is 0 Å². The Morgan fingerprint density at radius 3 is 2.58 bits per heavy atom. The van der Waals surface area contributed by atoms with E-state index in [4.69, 9.17) is 0 Å². The molecule has 2 atom stereocenters. The number of alkyl halides is 3. The van der Waals surface area contributed by atoms with Crippen LogP contribution in [0.5, 0.6) is 0 Å². The number of carbonyl (C=O) groups is 1. The second-order valence-electron chi connectivity index (χ2n) is 6.67. The zero-order valence-corrected chi connectivity index (χ0v) is 15.1. The van der Waals surface area contributed by atoms with Crippen LogP contribution < -0.4 is 0 Å². The Morgan fingerprint density at radius 1 is 1.31 bits per heavy atom. The van der Waals surface area contributed by atoms with E-state index in [0.29, 0.717) is 15.8 Å². The molecule has 2 aromatic rings. The van der Waals surface area contributed by atoms with Gasteiger partial charge < -0.3 is 9.88 Å². The van der Waals surface area contributed by atoms with Gasteiger partial charge in [-0.25, -0.2) is 8.42 Å². The molecule has 2 unspecified atom stereocenters. The number of H-pyrrole nitrogens is 1. The summed E-state index contributed by atoms with van der Waals surface area (Å²) in [5, 5.41) is -1.16. The number of nitrogens with zero attached hydrogens (tertiary/aromatic N) is 1. The van der Waals surface area contributed by atoms with Gasteiger partial charge in [0.05, 0.1) is 0 Å². The number of carbonyl (C=O) groups excluding carboxylic acids is 1. The molecular formula is C17H19F3N2O3S. The van der Waals surface area contributed by atoms with Crippen LogP contribution in [0, 0.1) is 0 Å². The average molecular weight is 388 g/mol. The second-order valence-corrected chi connectivity index (χ2v) is 9.04. The Labute approximate surface area is 149 Å². The maximum Gasteiger partial charge on any atom is 0.416 e. The van der Waals surface area contributed by atoms with Crippen LogP contribution in [0.3, 0.4) is 0 Å². The summed E-state index contributed by atoms with van der Waals surface area (Å²) in [4.78, 5) is 16.2. The lowest BCUT2D eigenvalue weighted by Gasteiger charge is -2.40. The fourth-order valence-corrected chi connectivity index (χ4v) is 4.15. The summed E-state index contributed by atoms with van der Waals surface area (Å²) in [6.45, 7) is 0.990. The fraction of sp³-hybridized carbons (Fsp3) is 0.471. The molecule has 1 aliphatic rings. The lowest BCUT2D eigenvalue weighted by molar-refractivity contribution is -0.228. The normalized spacial score (nSPS) is 22.7. The minimum absolute atomic E-state index is 0.0489. The van der Waals surface area contributed by atoms with E-state index < -0.39 is 32.7 Å². The Hall–Kier alpha value is -2.03. The highest BCUT2D eigenvalue weighted by atomic mass is 32.2. The van der Waals surface area contributed by atoms with Crippen LogP contribution >= 0.6 is 0 Å². The molecule has 0 saturated carbocycles. The predicted octanol–water partition coefficient (Wildman–Crippen LogP) is 2.98. The van der Waals surface area contributed by atoms with E-state index in [9.17, 15) is 26.4 Å². The largest absolute Gasteiger partial charge is 0.416 e. The molecule has 2 heterocycles. The van der Waals surface area contributed by atoms with Gasteiger partial charge in [-0.05, 0) is 25.8 Å². The van der Waals surface area contributed by atoms with Gasteiger partial charge in [-0.15, -0.1) is 0 Å². The molecule has 0 radical (unpaired) electrons. The lowest BCUT2D eigenvalue weighted by atomic mass is 9.85. The minimum Gasteiger partial charge on any atom is -0.361 e. The highest BCUT2D eigenvalue weighted by Crippen LogP contribution is 2.52. The molecule has 0 bridgehead atoms. The van der Waals surface area contributed by atoms with Crippen molar-refractivity contribution in [2.45, 2.75) is 36.7 Å². The van der Waals surface area contributed by atoms with Gasteiger partial charge in [0.15, 0.2) is 15.4 Å². The van der Waals surface area contributed by atoms with Crippen molar-refractivity contribution in [2.75, 3.05) is 12.8 Å². The van der Waals surface area contributed by atoms with Crippen LogP contribution in [-0.2, 0) is 20.2 Å². The van der Waals surface area contributed by atoms with Crippen molar-refractivity contribution in [1.82, 2.24) is 9.88 Å². The number of hydrogen-bond acceptors (Lipinski definition) is 3. The lowest BCUT2D eigenvalue weighted by Crippen LogP contribution is -2.57. The first-order chi connectivity index (χ1) is 12.0. The zero-order valence-electron chi connectivity index (χ0n) is 14.3. The molecule has 1 aromatic heterocycles. The van der Waals surface area contributed by atoms with Gasteiger partial charge in [0.2, 0.25) is 5.91 Å². The highest BCUT2D eigenvalue weighted by molar-refractivity contribution is 7.92. The number of amides is 1. The van der Waals surface area contributed by atoms with Crippen molar-refractivity contribution < 1.29 is 26.4 Å². The van der Waals surface area contributed by atoms with Crippen LogP contribution in [0.2, 0.25) is 0 Å². The molecule has 0 aliphatic carbocycles. The molecule has 9 heteroatoms. The molecule has 0 spiro atoms. The summed E-state index contributed by atoms with van der Waals surface area (Å²) in [6.07, 6.45) is -2.79. The number of aromatic nitrogens is 1. The van der Waals surface area contributed by atoms with Gasteiger partial charge in [0, 0.05) is 35.5 Å². The number of halogens is 3. The SMILES string of the molecule is CC(C(=O)N1CCCC1(c1c[nH]c2ccccc12)C(F)(F)F)S(C)(=O)=O. The van der Waals surface area contributed by atoms with Gasteiger partial charge in [0.25, 0.3) is 0 Å². The second kappa shape index (κ2) is 6.00. The number of nitrogens with one attached hydrogen (secondary N) is 1. The molecule has 1 saturated heterocycles. The molecule has 1 N–H and O–H groups in total. The summed E-state index contributed by atoms with van der Waals surface area (Å²) in [5.74, 6) is -1.02. The molecule has 1 fully saturated rings. The topological polar surface area (TPSA) is 70.2 Å². The Morgan fingerprint density at radius 2 is 1.96 bits per heavy atom. The monoisotopic (exact) mass is 388 g/mol. The number of fused-ring (bicyclic) bond motifs is 1. The van der Waals surface area contributed by atoms with Gasteiger partial charge in [-0.2, -0.15) is 13.2 Å². The van der Waals surface area contributed by atoms with E-state index in [-0.39, 0.29) is 24.9 Å². The van der Waals surface area contributed by atoms with E-state index in [2.05, 4.69) is 4.98 Å². The molecule has 5 nitrogen and oxygen atoms in total. The van der Waals surface area contributed by atoms with Crippen LogP contribution in [0.1, 0.15) is 25.3 Å². The zero-order chi connectivity index (χ0) is 19.3. The van der Waals surface area contributed by atoms with Crippen molar-refractivity contribution >= 4 is 26.6 Å². The Bertz CT molecular complexity index is 952. The van der Waals surface area contributed by atoms with E-state index in [1.54, 1.807) is 24.3 Å².